The minimum absolute atomic E-state index is 0.0756. The fourth-order valence-corrected chi connectivity index (χ4v) is 4.11. The molecule has 1 fully saturated rings. The Labute approximate surface area is 184 Å². The largest absolute Gasteiger partial charge is 0.336 e. The summed E-state index contributed by atoms with van der Waals surface area (Å²) >= 11 is 5.68. The molecule has 2 aromatic carbocycles. The third-order valence-corrected chi connectivity index (χ3v) is 5.69. The summed E-state index contributed by atoms with van der Waals surface area (Å²) in [6, 6.07) is 18.1. The molecule has 0 aromatic heterocycles. The molecule has 158 valence electrons. The van der Waals surface area contributed by atoms with E-state index in [4.69, 9.17) is 12.2 Å². The summed E-state index contributed by atoms with van der Waals surface area (Å²) in [5.74, 6) is -0.323. The van der Waals surface area contributed by atoms with Gasteiger partial charge in [0.2, 0.25) is 5.91 Å². The summed E-state index contributed by atoms with van der Waals surface area (Å²) in [5.41, 5.74) is 1.47. The predicted molar refractivity (Wildman–Crippen MR) is 125 cm³/mol. The Morgan fingerprint density at radius 2 is 1.60 bits per heavy atom. The van der Waals surface area contributed by atoms with Gasteiger partial charge in [-0.15, -0.1) is 0 Å². The lowest BCUT2D eigenvalue weighted by Gasteiger charge is -2.24. The third kappa shape index (κ3) is 5.45. The van der Waals surface area contributed by atoms with E-state index in [-0.39, 0.29) is 18.2 Å². The molecule has 0 spiro atoms. The van der Waals surface area contributed by atoms with Crippen LogP contribution in [0.3, 0.4) is 0 Å². The highest BCUT2D eigenvalue weighted by atomic mass is 32.1. The number of carbonyl (C=O) groups is 2. The average molecular weight is 424 g/mol. The van der Waals surface area contributed by atoms with Crippen molar-refractivity contribution in [3.63, 3.8) is 0 Å². The molecule has 5 nitrogen and oxygen atoms in total. The number of amides is 2. The first kappa shape index (κ1) is 22.0. The van der Waals surface area contributed by atoms with Crippen LogP contribution in [-0.2, 0) is 9.59 Å². The summed E-state index contributed by atoms with van der Waals surface area (Å²) in [7, 11) is 0. The van der Waals surface area contributed by atoms with E-state index in [9.17, 15) is 9.59 Å². The van der Waals surface area contributed by atoms with Gasteiger partial charge in [0.15, 0.2) is 5.11 Å². The second-order valence-corrected chi connectivity index (χ2v) is 7.90. The summed E-state index contributed by atoms with van der Waals surface area (Å²) in [4.78, 5) is 29.4. The number of hydrogen-bond donors (Lipinski definition) is 1. The van der Waals surface area contributed by atoms with Gasteiger partial charge in [-0.2, -0.15) is 0 Å². The number of anilines is 2. The first-order valence-corrected chi connectivity index (χ1v) is 11.1. The van der Waals surface area contributed by atoms with Gasteiger partial charge in [-0.3, -0.25) is 14.5 Å². The van der Waals surface area contributed by atoms with Crippen molar-refractivity contribution in [3.8, 4) is 0 Å². The summed E-state index contributed by atoms with van der Waals surface area (Å²) < 4.78 is 0. The van der Waals surface area contributed by atoms with Gasteiger partial charge >= 0.3 is 0 Å². The van der Waals surface area contributed by atoms with Crippen LogP contribution in [0.4, 0.5) is 11.4 Å². The van der Waals surface area contributed by atoms with Crippen molar-refractivity contribution in [2.45, 2.75) is 51.5 Å². The van der Waals surface area contributed by atoms with Crippen LogP contribution in [0.15, 0.2) is 60.7 Å². The second-order valence-electron chi connectivity index (χ2n) is 7.53. The van der Waals surface area contributed by atoms with E-state index in [2.05, 4.69) is 12.2 Å². The zero-order valence-corrected chi connectivity index (χ0v) is 18.2. The van der Waals surface area contributed by atoms with Crippen LogP contribution in [0.1, 0.15) is 45.4 Å². The number of carbonyl (C=O) groups excluding carboxylic acids is 2. The topological polar surface area (TPSA) is 52.7 Å². The molecule has 1 atom stereocenters. The third-order valence-electron chi connectivity index (χ3n) is 5.27. The number of rotatable bonds is 10. The maximum atomic E-state index is 13.3. The minimum Gasteiger partial charge on any atom is -0.336 e. The molecular formula is C24H29N3O2S. The lowest BCUT2D eigenvalue weighted by molar-refractivity contribution is -0.124. The quantitative estimate of drug-likeness (QED) is 0.432. The van der Waals surface area contributed by atoms with E-state index in [1.807, 2.05) is 65.6 Å². The molecule has 3 rings (SSSR count). The normalized spacial score (nSPS) is 16.2. The van der Waals surface area contributed by atoms with Crippen LogP contribution < -0.4 is 10.2 Å². The Morgan fingerprint density at radius 3 is 2.27 bits per heavy atom. The molecule has 1 N–H and O–H groups in total. The number of nitrogens with one attached hydrogen (secondary N) is 1. The number of benzene rings is 2. The standard InChI is InChI=1S/C24H29N3O2S/c1-2-3-4-5-12-17-26-21(18-22(28)25-19-13-8-6-9-14-19)23(29)27(24(26)30)20-15-10-7-11-16-20/h6-11,13-16,21H,2-5,12,17-18H2,1H3,(H,25,28). The van der Waals surface area contributed by atoms with E-state index in [1.54, 1.807) is 4.90 Å². The van der Waals surface area contributed by atoms with Gasteiger partial charge in [0, 0.05) is 12.2 Å². The van der Waals surface area contributed by atoms with E-state index >= 15 is 0 Å². The Bertz CT molecular complexity index is 857. The van der Waals surface area contributed by atoms with Crippen molar-refractivity contribution in [3.05, 3.63) is 60.7 Å². The minimum atomic E-state index is -0.576. The lowest BCUT2D eigenvalue weighted by atomic mass is 10.1. The Hall–Kier alpha value is -2.73. The number of unbranched alkanes of at least 4 members (excludes halogenated alkanes) is 4. The van der Waals surface area contributed by atoms with E-state index in [0.717, 1.165) is 24.2 Å². The maximum absolute atomic E-state index is 13.3. The van der Waals surface area contributed by atoms with Crippen molar-refractivity contribution in [2.75, 3.05) is 16.8 Å². The first-order valence-electron chi connectivity index (χ1n) is 10.7. The molecule has 1 aliphatic rings. The molecule has 2 amide bonds. The highest BCUT2D eigenvalue weighted by Crippen LogP contribution is 2.27. The van der Waals surface area contributed by atoms with Gasteiger partial charge in [0.05, 0.1) is 12.1 Å². The van der Waals surface area contributed by atoms with E-state index < -0.39 is 6.04 Å². The smallest absolute Gasteiger partial charge is 0.256 e. The maximum Gasteiger partial charge on any atom is 0.256 e. The molecule has 0 saturated carbocycles. The molecule has 1 aliphatic heterocycles. The summed E-state index contributed by atoms with van der Waals surface area (Å²) in [5, 5.41) is 3.37. The van der Waals surface area contributed by atoms with Gasteiger partial charge in [0.25, 0.3) is 5.91 Å². The van der Waals surface area contributed by atoms with Crippen molar-refractivity contribution >= 4 is 40.5 Å². The molecule has 0 bridgehead atoms. The molecule has 1 saturated heterocycles. The number of nitrogens with zero attached hydrogens (tertiary/aromatic N) is 2. The van der Waals surface area contributed by atoms with Crippen LogP contribution in [0, 0.1) is 0 Å². The van der Waals surface area contributed by atoms with Crippen LogP contribution in [0.5, 0.6) is 0 Å². The Morgan fingerprint density at radius 1 is 0.967 bits per heavy atom. The van der Waals surface area contributed by atoms with Gasteiger partial charge < -0.3 is 10.2 Å². The van der Waals surface area contributed by atoms with Crippen LogP contribution in [0.25, 0.3) is 0 Å². The zero-order valence-electron chi connectivity index (χ0n) is 17.4. The Kier molecular flexibility index (Phi) is 7.97. The monoisotopic (exact) mass is 423 g/mol. The summed E-state index contributed by atoms with van der Waals surface area (Å²) in [6.07, 6.45) is 5.69. The van der Waals surface area contributed by atoms with E-state index in [1.165, 1.54) is 19.3 Å². The van der Waals surface area contributed by atoms with E-state index in [0.29, 0.717) is 11.7 Å². The zero-order chi connectivity index (χ0) is 21.3. The molecule has 0 radical (unpaired) electrons. The molecule has 1 heterocycles. The molecule has 1 unspecified atom stereocenters. The van der Waals surface area contributed by atoms with Crippen molar-refractivity contribution in [1.82, 2.24) is 4.90 Å². The van der Waals surface area contributed by atoms with Crippen LogP contribution >= 0.6 is 12.2 Å². The van der Waals surface area contributed by atoms with Crippen molar-refractivity contribution in [1.29, 1.82) is 0 Å². The average Bonchev–Trinajstić information content (AvgIpc) is 2.98. The molecular weight excluding hydrogens is 394 g/mol. The van der Waals surface area contributed by atoms with Gasteiger partial charge in [-0.25, -0.2) is 0 Å². The SMILES string of the molecule is CCCCCCCN1C(=S)N(c2ccccc2)C(=O)C1CC(=O)Nc1ccccc1. The lowest BCUT2D eigenvalue weighted by Crippen LogP contribution is -2.38. The number of para-hydroxylation sites is 2. The predicted octanol–water partition coefficient (Wildman–Crippen LogP) is 4.99. The van der Waals surface area contributed by atoms with Crippen LogP contribution in [-0.4, -0.2) is 34.4 Å². The second kappa shape index (κ2) is 10.9. The highest BCUT2D eigenvalue weighted by Gasteiger charge is 2.43. The molecule has 2 aromatic rings. The summed E-state index contributed by atoms with van der Waals surface area (Å²) in [6.45, 7) is 2.87. The fraction of sp³-hybridized carbons (Fsp3) is 0.375. The fourth-order valence-electron chi connectivity index (χ4n) is 3.70. The Balaban J connectivity index is 1.73. The highest BCUT2D eigenvalue weighted by molar-refractivity contribution is 7.80. The first-order chi connectivity index (χ1) is 14.6. The van der Waals surface area contributed by atoms with Gasteiger partial charge in [0.1, 0.15) is 6.04 Å². The van der Waals surface area contributed by atoms with Crippen molar-refractivity contribution in [2.24, 2.45) is 0 Å². The number of hydrogen-bond acceptors (Lipinski definition) is 3. The van der Waals surface area contributed by atoms with Gasteiger partial charge in [-0.05, 0) is 42.9 Å². The molecule has 6 heteroatoms. The molecule has 30 heavy (non-hydrogen) atoms. The number of thiocarbonyl (C=S) groups is 1. The van der Waals surface area contributed by atoms with Crippen LogP contribution in [0.2, 0.25) is 0 Å². The molecule has 0 aliphatic carbocycles. The van der Waals surface area contributed by atoms with Gasteiger partial charge in [-0.1, -0.05) is 69.0 Å². The van der Waals surface area contributed by atoms with Crippen molar-refractivity contribution < 1.29 is 9.59 Å².